The van der Waals surface area contributed by atoms with Gasteiger partial charge in [0.05, 0.1) is 6.61 Å². The first-order chi connectivity index (χ1) is 6.86. The van der Waals surface area contributed by atoms with Gasteiger partial charge in [-0.25, -0.2) is 0 Å². The van der Waals surface area contributed by atoms with Crippen molar-refractivity contribution in [3.8, 4) is 5.75 Å². The molecule has 0 radical (unpaired) electrons. The molecule has 3 nitrogen and oxygen atoms in total. The minimum Gasteiger partial charge on any atom is -0.493 e. The van der Waals surface area contributed by atoms with Gasteiger partial charge in [-0.15, -0.1) is 0 Å². The number of nitrogens with two attached hydrogens (primary N) is 1. The summed E-state index contributed by atoms with van der Waals surface area (Å²) in [7, 11) is 0. The Morgan fingerprint density at radius 3 is 3.00 bits per heavy atom. The van der Waals surface area contributed by atoms with Gasteiger partial charge in [0.25, 0.3) is 0 Å². The quantitative estimate of drug-likeness (QED) is 0.778. The Kier molecular flexibility index (Phi) is 2.41. The summed E-state index contributed by atoms with van der Waals surface area (Å²) in [6.07, 6.45) is 1.94. The minimum atomic E-state index is 0.532. The molecule has 0 spiro atoms. The number of hydrogen-bond acceptors (Lipinski definition) is 2. The van der Waals surface area contributed by atoms with Crippen LogP contribution in [0.25, 0.3) is 10.9 Å². The van der Waals surface area contributed by atoms with Crippen LogP contribution in [0.2, 0.25) is 0 Å². The van der Waals surface area contributed by atoms with E-state index in [0.29, 0.717) is 13.2 Å². The Balaban J connectivity index is 2.62. The molecule has 0 bridgehead atoms. The lowest BCUT2D eigenvalue weighted by atomic mass is 10.1. The highest BCUT2D eigenvalue weighted by atomic mass is 16.5. The average Bonchev–Trinajstić information content (AvgIpc) is 2.62. The molecule has 1 aromatic carbocycles. The van der Waals surface area contributed by atoms with Crippen LogP contribution in [0, 0.1) is 0 Å². The summed E-state index contributed by atoms with van der Waals surface area (Å²) in [5, 5.41) is 1.11. The smallest absolute Gasteiger partial charge is 0.128 e. The summed E-state index contributed by atoms with van der Waals surface area (Å²) in [5.41, 5.74) is 7.83. The van der Waals surface area contributed by atoms with Gasteiger partial charge < -0.3 is 15.5 Å². The van der Waals surface area contributed by atoms with E-state index in [4.69, 9.17) is 10.5 Å². The topological polar surface area (TPSA) is 51.0 Å². The third-order valence-corrected chi connectivity index (χ3v) is 2.27. The molecule has 1 heterocycles. The van der Waals surface area contributed by atoms with E-state index >= 15 is 0 Å². The molecule has 0 atom stereocenters. The van der Waals surface area contributed by atoms with Crippen molar-refractivity contribution < 1.29 is 4.74 Å². The zero-order valence-electron chi connectivity index (χ0n) is 8.21. The van der Waals surface area contributed by atoms with Crippen LogP contribution in [0.4, 0.5) is 0 Å². The SMILES string of the molecule is CCOc1cccc2[nH]cc(CN)c12. The van der Waals surface area contributed by atoms with Gasteiger partial charge in [0.15, 0.2) is 0 Å². The summed E-state index contributed by atoms with van der Waals surface area (Å²) < 4.78 is 5.54. The average molecular weight is 190 g/mol. The summed E-state index contributed by atoms with van der Waals surface area (Å²) >= 11 is 0. The third-order valence-electron chi connectivity index (χ3n) is 2.27. The maximum absolute atomic E-state index is 5.65. The largest absolute Gasteiger partial charge is 0.493 e. The minimum absolute atomic E-state index is 0.532. The van der Waals surface area contributed by atoms with Gasteiger partial charge in [0, 0.05) is 23.6 Å². The number of fused-ring (bicyclic) bond motifs is 1. The number of ether oxygens (including phenoxy) is 1. The number of H-pyrrole nitrogens is 1. The Hall–Kier alpha value is -1.48. The van der Waals surface area contributed by atoms with Crippen molar-refractivity contribution >= 4 is 10.9 Å². The van der Waals surface area contributed by atoms with E-state index < -0.39 is 0 Å². The van der Waals surface area contributed by atoms with E-state index in [9.17, 15) is 0 Å². The molecule has 0 fully saturated rings. The lowest BCUT2D eigenvalue weighted by Gasteiger charge is -2.05. The van der Waals surface area contributed by atoms with Crippen LogP contribution >= 0.6 is 0 Å². The number of benzene rings is 1. The van der Waals surface area contributed by atoms with Crippen LogP contribution in [0.1, 0.15) is 12.5 Å². The first-order valence-corrected chi connectivity index (χ1v) is 4.78. The van der Waals surface area contributed by atoms with Crippen molar-refractivity contribution in [1.82, 2.24) is 4.98 Å². The molecule has 0 unspecified atom stereocenters. The van der Waals surface area contributed by atoms with Crippen molar-refractivity contribution in [2.24, 2.45) is 5.73 Å². The number of aromatic nitrogens is 1. The highest BCUT2D eigenvalue weighted by Gasteiger charge is 2.07. The number of nitrogens with one attached hydrogen (secondary N) is 1. The van der Waals surface area contributed by atoms with Crippen molar-refractivity contribution in [1.29, 1.82) is 0 Å². The lowest BCUT2D eigenvalue weighted by Crippen LogP contribution is -1.97. The fourth-order valence-corrected chi connectivity index (χ4v) is 1.66. The van der Waals surface area contributed by atoms with E-state index in [0.717, 1.165) is 22.2 Å². The van der Waals surface area contributed by atoms with Crippen molar-refractivity contribution in [3.63, 3.8) is 0 Å². The Labute approximate surface area is 82.9 Å². The molecule has 3 heteroatoms. The maximum Gasteiger partial charge on any atom is 0.128 e. The molecule has 14 heavy (non-hydrogen) atoms. The fourth-order valence-electron chi connectivity index (χ4n) is 1.66. The van der Waals surface area contributed by atoms with Gasteiger partial charge in [0.1, 0.15) is 5.75 Å². The second-order valence-corrected chi connectivity index (χ2v) is 3.13. The molecule has 0 aliphatic carbocycles. The lowest BCUT2D eigenvalue weighted by molar-refractivity contribution is 0.344. The maximum atomic E-state index is 5.65. The van der Waals surface area contributed by atoms with Crippen LogP contribution in [-0.4, -0.2) is 11.6 Å². The van der Waals surface area contributed by atoms with Crippen LogP contribution in [-0.2, 0) is 6.54 Å². The predicted molar refractivity (Wildman–Crippen MR) is 57.4 cm³/mol. The summed E-state index contributed by atoms with van der Waals surface area (Å²) in [4.78, 5) is 3.18. The highest BCUT2D eigenvalue weighted by Crippen LogP contribution is 2.28. The van der Waals surface area contributed by atoms with E-state index in [1.54, 1.807) is 0 Å². The van der Waals surface area contributed by atoms with E-state index in [-0.39, 0.29) is 0 Å². The van der Waals surface area contributed by atoms with Crippen LogP contribution in [0.5, 0.6) is 5.75 Å². The van der Waals surface area contributed by atoms with E-state index in [2.05, 4.69) is 4.98 Å². The van der Waals surface area contributed by atoms with Crippen LogP contribution in [0.3, 0.4) is 0 Å². The fraction of sp³-hybridized carbons (Fsp3) is 0.273. The van der Waals surface area contributed by atoms with Gasteiger partial charge in [-0.2, -0.15) is 0 Å². The summed E-state index contributed by atoms with van der Waals surface area (Å²) in [5.74, 6) is 0.909. The highest BCUT2D eigenvalue weighted by molar-refractivity contribution is 5.89. The Morgan fingerprint density at radius 1 is 1.43 bits per heavy atom. The number of rotatable bonds is 3. The molecular formula is C11H14N2O. The molecule has 2 rings (SSSR count). The molecular weight excluding hydrogens is 176 g/mol. The number of hydrogen-bond donors (Lipinski definition) is 2. The monoisotopic (exact) mass is 190 g/mol. The molecule has 0 aliphatic rings. The molecule has 0 saturated heterocycles. The van der Waals surface area contributed by atoms with Crippen molar-refractivity contribution in [2.75, 3.05) is 6.61 Å². The molecule has 0 aliphatic heterocycles. The zero-order valence-corrected chi connectivity index (χ0v) is 8.21. The summed E-state index contributed by atoms with van der Waals surface area (Å²) in [6.45, 7) is 3.19. The van der Waals surface area contributed by atoms with Gasteiger partial charge in [-0.3, -0.25) is 0 Å². The standard InChI is InChI=1S/C11H14N2O/c1-2-14-10-5-3-4-9-11(10)8(6-12)7-13-9/h3-5,7,13H,2,6,12H2,1H3. The van der Waals surface area contributed by atoms with Crippen molar-refractivity contribution in [2.45, 2.75) is 13.5 Å². The first-order valence-electron chi connectivity index (χ1n) is 4.78. The molecule has 74 valence electrons. The Bertz CT molecular complexity index is 434. The second kappa shape index (κ2) is 3.72. The molecule has 3 N–H and O–H groups in total. The normalized spacial score (nSPS) is 10.7. The molecule has 0 amide bonds. The van der Waals surface area contributed by atoms with Crippen LogP contribution in [0.15, 0.2) is 24.4 Å². The predicted octanol–water partition coefficient (Wildman–Crippen LogP) is 2.03. The second-order valence-electron chi connectivity index (χ2n) is 3.13. The molecule has 0 saturated carbocycles. The van der Waals surface area contributed by atoms with E-state index in [1.165, 1.54) is 0 Å². The zero-order chi connectivity index (χ0) is 9.97. The molecule has 2 aromatic rings. The number of aromatic amines is 1. The van der Waals surface area contributed by atoms with Crippen LogP contribution < -0.4 is 10.5 Å². The Morgan fingerprint density at radius 2 is 2.29 bits per heavy atom. The van der Waals surface area contributed by atoms with Gasteiger partial charge in [-0.1, -0.05) is 6.07 Å². The van der Waals surface area contributed by atoms with Gasteiger partial charge >= 0.3 is 0 Å². The van der Waals surface area contributed by atoms with Crippen molar-refractivity contribution in [3.05, 3.63) is 30.0 Å². The third kappa shape index (κ3) is 1.36. The molecule has 1 aromatic heterocycles. The first kappa shape index (κ1) is 9.09. The van der Waals surface area contributed by atoms with E-state index in [1.807, 2.05) is 31.3 Å². The van der Waals surface area contributed by atoms with Gasteiger partial charge in [-0.05, 0) is 24.6 Å². The van der Waals surface area contributed by atoms with Gasteiger partial charge in [0.2, 0.25) is 0 Å². The summed E-state index contributed by atoms with van der Waals surface area (Å²) in [6, 6.07) is 5.97.